The van der Waals surface area contributed by atoms with Crippen LogP contribution in [0.15, 0.2) is 12.2 Å². The Balaban J connectivity index is 2.12. The molecule has 2 aliphatic carbocycles. The summed E-state index contributed by atoms with van der Waals surface area (Å²) in [6.07, 6.45) is -13.3. The van der Waals surface area contributed by atoms with E-state index < -0.39 is 54.7 Å². The summed E-state index contributed by atoms with van der Waals surface area (Å²) in [5, 5.41) is 9.76. The molecule has 0 saturated heterocycles. The van der Waals surface area contributed by atoms with Gasteiger partial charge in [0.05, 0.1) is 6.42 Å². The van der Waals surface area contributed by atoms with Crippen LogP contribution in [-0.4, -0.2) is 35.1 Å². The fourth-order valence-corrected chi connectivity index (χ4v) is 4.09. The van der Waals surface area contributed by atoms with E-state index in [1.807, 2.05) is 0 Å². The molecule has 0 spiro atoms. The van der Waals surface area contributed by atoms with E-state index in [4.69, 9.17) is 4.74 Å². The molecule has 0 amide bonds. The Kier molecular flexibility index (Phi) is 5.20. The summed E-state index contributed by atoms with van der Waals surface area (Å²) in [6.45, 7) is 4.85. The minimum atomic E-state index is -5.39. The number of ether oxygens (including phenoxy) is 1. The van der Waals surface area contributed by atoms with E-state index in [2.05, 4.69) is 6.58 Å². The normalized spacial score (nSPS) is 31.7. The van der Waals surface area contributed by atoms with Crippen molar-refractivity contribution in [3.05, 3.63) is 12.2 Å². The molecule has 2 aliphatic rings. The van der Waals surface area contributed by atoms with Gasteiger partial charge in [0.2, 0.25) is 0 Å². The van der Waals surface area contributed by atoms with E-state index in [0.29, 0.717) is 19.3 Å². The SMILES string of the molecule is C=C(C)C(=O)OC1CC2CC(CC(O)(CC(F)(F)F)C(F)(F)F)C1C2. The summed E-state index contributed by atoms with van der Waals surface area (Å²) in [6, 6.07) is 0. The van der Waals surface area contributed by atoms with Crippen molar-refractivity contribution in [2.24, 2.45) is 17.8 Å². The first-order chi connectivity index (χ1) is 11.2. The second-order valence-corrected chi connectivity index (χ2v) is 7.25. The second-order valence-electron chi connectivity index (χ2n) is 7.25. The van der Waals surface area contributed by atoms with Crippen LogP contribution in [0.4, 0.5) is 26.3 Å². The van der Waals surface area contributed by atoms with Gasteiger partial charge in [0.1, 0.15) is 6.10 Å². The zero-order valence-corrected chi connectivity index (χ0v) is 13.6. The number of hydrogen-bond donors (Lipinski definition) is 1. The summed E-state index contributed by atoms with van der Waals surface area (Å²) in [5.74, 6) is -1.94. The Labute approximate surface area is 141 Å². The Morgan fingerprint density at radius 2 is 1.76 bits per heavy atom. The maximum absolute atomic E-state index is 13.1. The van der Waals surface area contributed by atoms with Crippen LogP contribution in [-0.2, 0) is 9.53 Å². The van der Waals surface area contributed by atoms with Gasteiger partial charge in [-0.05, 0) is 50.4 Å². The lowest BCUT2D eigenvalue weighted by atomic mass is 9.77. The van der Waals surface area contributed by atoms with Gasteiger partial charge in [0.15, 0.2) is 5.60 Å². The van der Waals surface area contributed by atoms with E-state index in [0.717, 1.165) is 0 Å². The number of carbonyl (C=O) groups is 1. The fourth-order valence-electron chi connectivity index (χ4n) is 4.09. The van der Waals surface area contributed by atoms with Gasteiger partial charge in [-0.2, -0.15) is 26.3 Å². The van der Waals surface area contributed by atoms with Gasteiger partial charge in [-0.15, -0.1) is 0 Å². The molecular formula is C16H20F6O3. The highest BCUT2D eigenvalue weighted by Crippen LogP contribution is 2.54. The molecule has 0 radical (unpaired) electrons. The first-order valence-electron chi connectivity index (χ1n) is 7.94. The highest BCUT2D eigenvalue weighted by molar-refractivity contribution is 5.87. The molecule has 25 heavy (non-hydrogen) atoms. The number of halogens is 6. The molecular weight excluding hydrogens is 354 g/mol. The number of aliphatic hydroxyl groups is 1. The Morgan fingerprint density at radius 1 is 1.16 bits per heavy atom. The number of esters is 1. The minimum Gasteiger partial charge on any atom is -0.459 e. The fraction of sp³-hybridized carbons (Fsp3) is 0.812. The molecule has 2 saturated carbocycles. The third-order valence-electron chi connectivity index (χ3n) is 5.12. The van der Waals surface area contributed by atoms with Crippen molar-refractivity contribution in [3.63, 3.8) is 0 Å². The van der Waals surface area contributed by atoms with Crippen molar-refractivity contribution in [2.75, 3.05) is 0 Å². The van der Waals surface area contributed by atoms with Crippen molar-refractivity contribution in [1.29, 1.82) is 0 Å². The van der Waals surface area contributed by atoms with Crippen molar-refractivity contribution in [1.82, 2.24) is 0 Å². The second kappa shape index (κ2) is 6.48. The lowest BCUT2D eigenvalue weighted by molar-refractivity contribution is -0.300. The van der Waals surface area contributed by atoms with Gasteiger partial charge < -0.3 is 9.84 Å². The van der Waals surface area contributed by atoms with Gasteiger partial charge >= 0.3 is 18.3 Å². The summed E-state index contributed by atoms with van der Waals surface area (Å²) in [5.41, 5.74) is -3.69. The van der Waals surface area contributed by atoms with Gasteiger partial charge in [0.25, 0.3) is 0 Å². The predicted molar refractivity (Wildman–Crippen MR) is 75.3 cm³/mol. The first kappa shape index (κ1) is 20.1. The summed E-state index contributed by atoms with van der Waals surface area (Å²) < 4.78 is 82.1. The molecule has 1 N–H and O–H groups in total. The highest BCUT2D eigenvalue weighted by Gasteiger charge is 2.61. The molecule has 144 valence electrons. The van der Waals surface area contributed by atoms with Crippen LogP contribution in [0.5, 0.6) is 0 Å². The average Bonchev–Trinajstić information content (AvgIpc) is 2.93. The maximum Gasteiger partial charge on any atom is 0.417 e. The van der Waals surface area contributed by atoms with Gasteiger partial charge in [-0.3, -0.25) is 0 Å². The number of alkyl halides is 6. The average molecular weight is 374 g/mol. The number of rotatable bonds is 5. The molecule has 0 heterocycles. The number of hydrogen-bond acceptors (Lipinski definition) is 3. The molecule has 5 atom stereocenters. The van der Waals surface area contributed by atoms with Crippen molar-refractivity contribution in [2.45, 2.75) is 63.1 Å². The molecule has 2 rings (SSSR count). The lowest BCUT2D eigenvalue weighted by Crippen LogP contribution is -2.50. The minimum absolute atomic E-state index is 0.0127. The van der Waals surface area contributed by atoms with E-state index in [9.17, 15) is 36.2 Å². The van der Waals surface area contributed by atoms with Crippen LogP contribution < -0.4 is 0 Å². The van der Waals surface area contributed by atoms with Crippen molar-refractivity contribution in [3.8, 4) is 0 Å². The quantitative estimate of drug-likeness (QED) is 0.447. The molecule has 0 aromatic heterocycles. The predicted octanol–water partition coefficient (Wildman–Crippen LogP) is 4.16. The largest absolute Gasteiger partial charge is 0.459 e. The van der Waals surface area contributed by atoms with Gasteiger partial charge in [0, 0.05) is 5.57 Å². The lowest BCUT2D eigenvalue weighted by Gasteiger charge is -2.37. The van der Waals surface area contributed by atoms with Crippen LogP contribution in [0.25, 0.3) is 0 Å². The van der Waals surface area contributed by atoms with Crippen LogP contribution in [0.1, 0.15) is 39.0 Å². The standard InChI is InChI=1S/C16H20F6O3/c1-8(2)13(23)25-12-5-9-3-10(11(12)4-9)6-14(24,16(20,21)22)7-15(17,18)19/h9-12,24H,1,3-7H2,2H3. The third-order valence-corrected chi connectivity index (χ3v) is 5.12. The van der Waals surface area contributed by atoms with E-state index in [1.165, 1.54) is 6.92 Å². The summed E-state index contributed by atoms with van der Waals surface area (Å²) >= 11 is 0. The molecule has 5 unspecified atom stereocenters. The Bertz CT molecular complexity index is 541. The number of carbonyl (C=O) groups excluding carboxylic acids is 1. The molecule has 0 aliphatic heterocycles. The van der Waals surface area contributed by atoms with Crippen LogP contribution in [0.3, 0.4) is 0 Å². The molecule has 3 nitrogen and oxygen atoms in total. The topological polar surface area (TPSA) is 46.5 Å². The number of fused-ring (bicyclic) bond motifs is 2. The van der Waals surface area contributed by atoms with Crippen molar-refractivity contribution < 1.29 is 41.0 Å². The zero-order valence-electron chi connectivity index (χ0n) is 13.6. The summed E-state index contributed by atoms with van der Waals surface area (Å²) in [7, 11) is 0. The molecule has 2 bridgehead atoms. The molecule has 0 aromatic carbocycles. The van der Waals surface area contributed by atoms with E-state index >= 15 is 0 Å². The van der Waals surface area contributed by atoms with Crippen LogP contribution in [0, 0.1) is 17.8 Å². The Morgan fingerprint density at radius 3 is 2.20 bits per heavy atom. The third kappa shape index (κ3) is 4.48. The van der Waals surface area contributed by atoms with Crippen molar-refractivity contribution >= 4 is 5.97 Å². The monoisotopic (exact) mass is 374 g/mol. The van der Waals surface area contributed by atoms with Gasteiger partial charge in [-0.1, -0.05) is 6.58 Å². The molecule has 9 heteroatoms. The van der Waals surface area contributed by atoms with E-state index in [1.54, 1.807) is 0 Å². The van der Waals surface area contributed by atoms with Gasteiger partial charge in [-0.25, -0.2) is 4.79 Å². The zero-order chi connectivity index (χ0) is 19.2. The van der Waals surface area contributed by atoms with E-state index in [-0.39, 0.29) is 11.5 Å². The smallest absolute Gasteiger partial charge is 0.417 e. The molecule has 2 fully saturated rings. The maximum atomic E-state index is 13.1. The first-order valence-corrected chi connectivity index (χ1v) is 7.94. The summed E-state index contributed by atoms with van der Waals surface area (Å²) in [4.78, 5) is 11.6. The highest BCUT2D eigenvalue weighted by atomic mass is 19.4. The van der Waals surface area contributed by atoms with Crippen LogP contribution >= 0.6 is 0 Å². The Hall–Kier alpha value is -1.25. The van der Waals surface area contributed by atoms with Crippen LogP contribution in [0.2, 0.25) is 0 Å². The molecule has 0 aromatic rings.